The van der Waals surface area contributed by atoms with Crippen LogP contribution in [-0.4, -0.2) is 33.1 Å². The van der Waals surface area contributed by atoms with Gasteiger partial charge in [0, 0.05) is 23.6 Å². The van der Waals surface area contributed by atoms with Crippen molar-refractivity contribution in [3.63, 3.8) is 0 Å². The Balaban J connectivity index is 1.30. The zero-order valence-electron chi connectivity index (χ0n) is 18.8. The highest BCUT2D eigenvalue weighted by atomic mass is 32.2. The Morgan fingerprint density at radius 1 is 0.972 bits per heavy atom. The summed E-state index contributed by atoms with van der Waals surface area (Å²) in [6.45, 7) is -0.00719. The lowest BCUT2D eigenvalue weighted by atomic mass is 10.1. The van der Waals surface area contributed by atoms with Gasteiger partial charge in [-0.1, -0.05) is 30.3 Å². The number of imide groups is 1. The molecule has 1 fully saturated rings. The van der Waals surface area contributed by atoms with Gasteiger partial charge in [0.2, 0.25) is 5.91 Å². The number of amides is 3. The van der Waals surface area contributed by atoms with E-state index in [1.54, 1.807) is 18.2 Å². The summed E-state index contributed by atoms with van der Waals surface area (Å²) in [5, 5.41) is 2.72. The lowest BCUT2D eigenvalue weighted by Gasteiger charge is -2.12. The molecular formula is C27H19F2N3O3S. The quantitative estimate of drug-likeness (QED) is 0.346. The maximum atomic E-state index is 13.8. The minimum atomic E-state index is -0.676. The van der Waals surface area contributed by atoms with Crippen molar-refractivity contribution in [2.24, 2.45) is 0 Å². The number of hydrogen-bond acceptors (Lipinski definition) is 4. The maximum absolute atomic E-state index is 13.8. The molecular weight excluding hydrogens is 484 g/mol. The third kappa shape index (κ3) is 4.92. The number of para-hydroxylation sites is 1. The summed E-state index contributed by atoms with van der Waals surface area (Å²) < 4.78 is 29.3. The van der Waals surface area contributed by atoms with Crippen LogP contribution in [0.3, 0.4) is 0 Å². The fourth-order valence-corrected chi connectivity index (χ4v) is 4.80. The van der Waals surface area contributed by atoms with E-state index in [4.69, 9.17) is 0 Å². The molecule has 1 saturated heterocycles. The third-order valence-corrected chi connectivity index (χ3v) is 6.57. The van der Waals surface area contributed by atoms with Gasteiger partial charge in [0.1, 0.15) is 18.2 Å². The second kappa shape index (κ2) is 9.79. The van der Waals surface area contributed by atoms with Crippen molar-refractivity contribution in [1.29, 1.82) is 0 Å². The van der Waals surface area contributed by atoms with E-state index in [0.717, 1.165) is 33.1 Å². The number of carbonyl (C=O) groups excluding carboxylic acids is 3. The number of carbonyl (C=O) groups is 3. The molecule has 0 bridgehead atoms. The lowest BCUT2D eigenvalue weighted by molar-refractivity contribution is -0.127. The Morgan fingerprint density at radius 2 is 1.81 bits per heavy atom. The van der Waals surface area contributed by atoms with E-state index < -0.39 is 29.4 Å². The van der Waals surface area contributed by atoms with E-state index in [1.807, 2.05) is 41.1 Å². The summed E-state index contributed by atoms with van der Waals surface area (Å²) in [5.74, 6) is -2.16. The van der Waals surface area contributed by atoms with Crippen LogP contribution in [0.15, 0.2) is 83.9 Å². The Labute approximate surface area is 209 Å². The number of nitrogens with one attached hydrogen (secondary N) is 1. The number of nitrogens with zero attached hydrogens (tertiary/aromatic N) is 2. The molecule has 2 heterocycles. The van der Waals surface area contributed by atoms with Crippen LogP contribution in [0.25, 0.3) is 17.0 Å². The van der Waals surface area contributed by atoms with Gasteiger partial charge in [-0.15, -0.1) is 0 Å². The van der Waals surface area contributed by atoms with E-state index in [-0.39, 0.29) is 16.4 Å². The van der Waals surface area contributed by atoms with Crippen LogP contribution in [-0.2, 0) is 16.1 Å². The number of aromatic nitrogens is 1. The van der Waals surface area contributed by atoms with Crippen LogP contribution in [0.4, 0.5) is 19.3 Å². The first-order chi connectivity index (χ1) is 17.4. The van der Waals surface area contributed by atoms with Gasteiger partial charge in [0.15, 0.2) is 0 Å². The number of halogens is 2. The molecule has 0 spiro atoms. The van der Waals surface area contributed by atoms with Crippen LogP contribution in [0, 0.1) is 11.6 Å². The number of hydrogen-bond donors (Lipinski definition) is 1. The van der Waals surface area contributed by atoms with Gasteiger partial charge in [-0.2, -0.15) is 0 Å². The molecule has 36 heavy (non-hydrogen) atoms. The molecule has 4 aromatic rings. The molecule has 0 unspecified atom stereocenters. The molecule has 3 amide bonds. The van der Waals surface area contributed by atoms with Gasteiger partial charge < -0.3 is 9.88 Å². The molecule has 1 N–H and O–H groups in total. The van der Waals surface area contributed by atoms with Gasteiger partial charge in [-0.25, -0.2) is 8.78 Å². The normalized spacial score (nSPS) is 14.7. The fourth-order valence-electron chi connectivity index (χ4n) is 3.96. The van der Waals surface area contributed by atoms with Gasteiger partial charge in [-0.3, -0.25) is 19.3 Å². The largest absolute Gasteiger partial charge is 0.343 e. The third-order valence-electron chi connectivity index (χ3n) is 5.66. The average Bonchev–Trinajstić information content (AvgIpc) is 3.36. The summed E-state index contributed by atoms with van der Waals surface area (Å²) in [6.07, 6.45) is 3.50. The van der Waals surface area contributed by atoms with Crippen LogP contribution >= 0.6 is 11.8 Å². The predicted octanol–water partition coefficient (Wildman–Crippen LogP) is 5.64. The number of rotatable bonds is 6. The van der Waals surface area contributed by atoms with E-state index in [9.17, 15) is 23.2 Å². The summed E-state index contributed by atoms with van der Waals surface area (Å²) in [4.78, 5) is 38.5. The number of anilines is 1. The molecule has 1 aromatic heterocycles. The molecule has 5 rings (SSSR count). The van der Waals surface area contributed by atoms with Crippen LogP contribution in [0.5, 0.6) is 0 Å². The average molecular weight is 504 g/mol. The van der Waals surface area contributed by atoms with Gasteiger partial charge >= 0.3 is 0 Å². The molecule has 6 nitrogen and oxygen atoms in total. The van der Waals surface area contributed by atoms with Crippen LogP contribution in [0.1, 0.15) is 11.1 Å². The summed E-state index contributed by atoms with van der Waals surface area (Å²) in [7, 11) is 0. The molecule has 9 heteroatoms. The summed E-state index contributed by atoms with van der Waals surface area (Å²) in [5.41, 5.74) is 2.47. The van der Waals surface area contributed by atoms with Gasteiger partial charge in [0.05, 0.1) is 10.6 Å². The summed E-state index contributed by atoms with van der Waals surface area (Å²) >= 11 is 0.746. The Morgan fingerprint density at radius 3 is 2.61 bits per heavy atom. The van der Waals surface area contributed by atoms with Gasteiger partial charge in [-0.05, 0) is 71.4 Å². The Bertz CT molecular complexity index is 1550. The van der Waals surface area contributed by atoms with Crippen molar-refractivity contribution in [3.8, 4) is 0 Å². The van der Waals surface area contributed by atoms with Crippen LogP contribution in [0.2, 0.25) is 0 Å². The minimum Gasteiger partial charge on any atom is -0.343 e. The van der Waals surface area contributed by atoms with Crippen LogP contribution < -0.4 is 5.32 Å². The Hall–Kier alpha value is -4.24. The topological polar surface area (TPSA) is 71.4 Å². The minimum absolute atomic E-state index is 0.0253. The Kier molecular flexibility index (Phi) is 6.39. The first kappa shape index (κ1) is 23.5. The van der Waals surface area contributed by atoms with E-state index in [2.05, 4.69) is 5.32 Å². The molecule has 0 atom stereocenters. The highest BCUT2D eigenvalue weighted by Crippen LogP contribution is 2.33. The predicted molar refractivity (Wildman–Crippen MR) is 135 cm³/mol. The van der Waals surface area contributed by atoms with Crippen molar-refractivity contribution in [3.05, 3.63) is 107 Å². The zero-order valence-corrected chi connectivity index (χ0v) is 19.6. The number of benzene rings is 3. The monoisotopic (exact) mass is 503 g/mol. The molecule has 0 saturated carbocycles. The molecule has 1 aliphatic rings. The SMILES string of the molecule is O=C(CN1C(=O)S/C(=C/c2ccc3c(ccn3Cc3cccc(F)c3)c2)C1=O)Nc1ccccc1F. The highest BCUT2D eigenvalue weighted by molar-refractivity contribution is 8.18. The maximum Gasteiger partial charge on any atom is 0.294 e. The first-order valence-corrected chi connectivity index (χ1v) is 11.8. The van der Waals surface area contributed by atoms with Crippen molar-refractivity contribution < 1.29 is 23.2 Å². The summed E-state index contributed by atoms with van der Waals surface area (Å²) in [6, 6.07) is 19.6. The number of thioether (sulfide) groups is 1. The van der Waals surface area contributed by atoms with E-state index in [0.29, 0.717) is 12.1 Å². The zero-order chi connectivity index (χ0) is 25.2. The van der Waals surface area contributed by atoms with Gasteiger partial charge in [0.25, 0.3) is 11.1 Å². The fraction of sp³-hybridized carbons (Fsp3) is 0.0741. The second-order valence-corrected chi connectivity index (χ2v) is 9.18. The van der Waals surface area contributed by atoms with E-state index >= 15 is 0 Å². The molecule has 0 radical (unpaired) electrons. The molecule has 0 aliphatic carbocycles. The smallest absolute Gasteiger partial charge is 0.294 e. The number of fused-ring (bicyclic) bond motifs is 1. The highest BCUT2D eigenvalue weighted by Gasteiger charge is 2.36. The van der Waals surface area contributed by atoms with E-state index in [1.165, 1.54) is 30.3 Å². The molecule has 3 aromatic carbocycles. The van der Waals surface area contributed by atoms with Crippen molar-refractivity contribution in [1.82, 2.24) is 9.47 Å². The van der Waals surface area contributed by atoms with Crippen molar-refractivity contribution >= 4 is 51.5 Å². The lowest BCUT2D eigenvalue weighted by Crippen LogP contribution is -2.36. The first-order valence-electron chi connectivity index (χ1n) is 11.0. The van der Waals surface area contributed by atoms with Crippen molar-refractivity contribution in [2.45, 2.75) is 6.54 Å². The molecule has 1 aliphatic heterocycles. The second-order valence-electron chi connectivity index (χ2n) is 8.19. The van der Waals surface area contributed by atoms with Crippen molar-refractivity contribution in [2.75, 3.05) is 11.9 Å². The molecule has 180 valence electrons. The standard InChI is InChI=1S/C27H19F2N3O3S/c28-20-5-3-4-18(13-20)15-31-11-10-19-12-17(8-9-23(19)31)14-24-26(34)32(27(35)36-24)16-25(33)30-22-7-2-1-6-21(22)29/h1-14H,15-16H2,(H,30,33)/b24-14+.